The van der Waals surface area contributed by atoms with Gasteiger partial charge in [0.2, 0.25) is 0 Å². The van der Waals surface area contributed by atoms with Gasteiger partial charge in [-0.25, -0.2) is 0 Å². The Morgan fingerprint density at radius 2 is 2.20 bits per heavy atom. The maximum absolute atomic E-state index is 12.7. The van der Waals surface area contributed by atoms with E-state index < -0.39 is 0 Å². The van der Waals surface area contributed by atoms with Crippen LogP contribution in [0.4, 0.5) is 0 Å². The van der Waals surface area contributed by atoms with Gasteiger partial charge in [0.1, 0.15) is 4.83 Å². The third-order valence-corrected chi connectivity index (χ3v) is 5.17. The van der Waals surface area contributed by atoms with E-state index in [1.807, 2.05) is 22.9 Å². The highest BCUT2D eigenvalue weighted by molar-refractivity contribution is 7.71. The molecule has 3 aromatic rings. The van der Waals surface area contributed by atoms with Crippen LogP contribution < -0.4 is 5.56 Å². The van der Waals surface area contributed by atoms with E-state index in [4.69, 9.17) is 12.2 Å². The van der Waals surface area contributed by atoms with Gasteiger partial charge < -0.3 is 4.98 Å². The number of hydrogen-bond donors (Lipinski definition) is 1. The first-order valence-corrected chi connectivity index (χ1v) is 8.53. The summed E-state index contributed by atoms with van der Waals surface area (Å²) >= 11 is 8.50. The van der Waals surface area contributed by atoms with Crippen LogP contribution >= 0.6 is 34.9 Å². The van der Waals surface area contributed by atoms with E-state index in [0.717, 1.165) is 20.7 Å². The molecule has 20 heavy (non-hydrogen) atoms. The number of nitrogens with zero attached hydrogens (tertiary/aromatic N) is 1. The molecule has 3 nitrogen and oxygen atoms in total. The minimum absolute atomic E-state index is 0.0158. The Labute approximate surface area is 129 Å². The minimum atomic E-state index is 0.0158. The number of hydrogen-bond acceptors (Lipinski definition) is 4. The van der Waals surface area contributed by atoms with E-state index in [2.05, 4.69) is 18.8 Å². The average Bonchev–Trinajstić information content (AvgIpc) is 3.01. The lowest BCUT2D eigenvalue weighted by Gasteiger charge is -2.09. The van der Waals surface area contributed by atoms with Crippen LogP contribution in [-0.4, -0.2) is 9.55 Å². The molecule has 104 valence electrons. The van der Waals surface area contributed by atoms with Gasteiger partial charge in [0, 0.05) is 22.4 Å². The zero-order chi connectivity index (χ0) is 14.3. The standard InChI is InChI=1S/C14H14N2OS3/c1-8(2)6-16-13(17)11-9(10-4-3-5-19-10)7-20-12(11)15-14(16)18/h3-5,7-8H,6H2,1-2H3,(H,15,18). The summed E-state index contributed by atoms with van der Waals surface area (Å²) in [7, 11) is 0. The van der Waals surface area contributed by atoms with Crippen LogP contribution in [0.25, 0.3) is 20.7 Å². The topological polar surface area (TPSA) is 37.8 Å². The van der Waals surface area contributed by atoms with Crippen molar-refractivity contribution in [2.24, 2.45) is 5.92 Å². The fourth-order valence-electron chi connectivity index (χ4n) is 2.20. The van der Waals surface area contributed by atoms with Crippen molar-refractivity contribution in [1.82, 2.24) is 9.55 Å². The van der Waals surface area contributed by atoms with Crippen molar-refractivity contribution in [3.8, 4) is 10.4 Å². The van der Waals surface area contributed by atoms with Gasteiger partial charge in [0.15, 0.2) is 4.77 Å². The summed E-state index contributed by atoms with van der Waals surface area (Å²) in [6.07, 6.45) is 0. The Kier molecular flexibility index (Phi) is 3.62. The van der Waals surface area contributed by atoms with Crippen LogP contribution in [0.2, 0.25) is 0 Å². The van der Waals surface area contributed by atoms with Gasteiger partial charge in [-0.15, -0.1) is 22.7 Å². The van der Waals surface area contributed by atoms with E-state index in [1.54, 1.807) is 15.9 Å². The zero-order valence-corrected chi connectivity index (χ0v) is 13.6. The maximum Gasteiger partial charge on any atom is 0.263 e. The number of thiophene rings is 2. The summed E-state index contributed by atoms with van der Waals surface area (Å²) in [5, 5.41) is 4.81. The van der Waals surface area contributed by atoms with Gasteiger partial charge >= 0.3 is 0 Å². The summed E-state index contributed by atoms with van der Waals surface area (Å²) in [5.41, 5.74) is 1.02. The smallest absolute Gasteiger partial charge is 0.263 e. The molecule has 0 fully saturated rings. The first-order valence-electron chi connectivity index (χ1n) is 6.36. The van der Waals surface area contributed by atoms with Crippen molar-refractivity contribution in [2.45, 2.75) is 20.4 Å². The Bertz CT molecular complexity index is 853. The number of rotatable bonds is 3. The fraction of sp³-hybridized carbons (Fsp3) is 0.286. The molecule has 0 aliphatic heterocycles. The van der Waals surface area contributed by atoms with Crippen molar-refractivity contribution in [1.29, 1.82) is 0 Å². The summed E-state index contributed by atoms with van der Waals surface area (Å²) in [5.74, 6) is 0.379. The lowest BCUT2D eigenvalue weighted by molar-refractivity contribution is 0.504. The number of aromatic amines is 1. The Morgan fingerprint density at radius 3 is 2.85 bits per heavy atom. The third kappa shape index (κ3) is 2.28. The van der Waals surface area contributed by atoms with E-state index >= 15 is 0 Å². The summed E-state index contributed by atoms with van der Waals surface area (Å²) in [4.78, 5) is 17.9. The molecule has 0 bridgehead atoms. The molecular weight excluding hydrogens is 308 g/mol. The summed E-state index contributed by atoms with van der Waals surface area (Å²) < 4.78 is 2.18. The van der Waals surface area contributed by atoms with E-state index in [0.29, 0.717) is 17.2 Å². The number of fused-ring (bicyclic) bond motifs is 1. The zero-order valence-electron chi connectivity index (χ0n) is 11.2. The lowest BCUT2D eigenvalue weighted by Crippen LogP contribution is -2.24. The molecular formula is C14H14N2OS3. The predicted molar refractivity (Wildman–Crippen MR) is 89.4 cm³/mol. The van der Waals surface area contributed by atoms with Crippen LogP contribution in [0, 0.1) is 10.7 Å². The van der Waals surface area contributed by atoms with E-state index in [9.17, 15) is 4.79 Å². The fourth-order valence-corrected chi connectivity index (χ4v) is 4.30. The van der Waals surface area contributed by atoms with Crippen molar-refractivity contribution in [3.63, 3.8) is 0 Å². The largest absolute Gasteiger partial charge is 0.323 e. The second-order valence-electron chi connectivity index (χ2n) is 5.07. The predicted octanol–water partition coefficient (Wildman–Crippen LogP) is 4.51. The molecule has 0 aliphatic carbocycles. The Morgan fingerprint density at radius 1 is 1.40 bits per heavy atom. The molecule has 0 aliphatic rings. The second kappa shape index (κ2) is 5.27. The molecule has 6 heteroatoms. The van der Waals surface area contributed by atoms with Crippen LogP contribution in [0.15, 0.2) is 27.7 Å². The Hall–Kier alpha value is -1.24. The monoisotopic (exact) mass is 322 g/mol. The lowest BCUT2D eigenvalue weighted by atomic mass is 10.2. The third-order valence-electron chi connectivity index (χ3n) is 3.05. The number of aromatic nitrogens is 2. The molecule has 1 N–H and O–H groups in total. The van der Waals surface area contributed by atoms with Crippen LogP contribution in [-0.2, 0) is 6.54 Å². The maximum atomic E-state index is 12.7. The molecule has 0 aromatic carbocycles. The van der Waals surface area contributed by atoms with Gasteiger partial charge in [-0.1, -0.05) is 19.9 Å². The summed E-state index contributed by atoms with van der Waals surface area (Å²) in [6.45, 7) is 4.81. The molecule has 0 unspecified atom stereocenters. The van der Waals surface area contributed by atoms with Crippen LogP contribution in [0.3, 0.4) is 0 Å². The first kappa shape index (κ1) is 13.7. The average molecular weight is 322 g/mol. The molecule has 0 spiro atoms. The molecule has 0 saturated carbocycles. The molecule has 0 amide bonds. The summed E-state index contributed by atoms with van der Waals surface area (Å²) in [6, 6.07) is 4.04. The SMILES string of the molecule is CC(C)Cn1c(=S)[nH]c2scc(-c3cccs3)c2c1=O. The highest BCUT2D eigenvalue weighted by Gasteiger charge is 2.14. The molecule has 3 aromatic heterocycles. The first-order chi connectivity index (χ1) is 9.58. The second-order valence-corrected chi connectivity index (χ2v) is 7.28. The minimum Gasteiger partial charge on any atom is -0.323 e. The molecule has 0 saturated heterocycles. The molecule has 3 rings (SSSR count). The van der Waals surface area contributed by atoms with Gasteiger partial charge in [-0.3, -0.25) is 9.36 Å². The highest BCUT2D eigenvalue weighted by atomic mass is 32.1. The number of H-pyrrole nitrogens is 1. The van der Waals surface area contributed by atoms with Crippen molar-refractivity contribution in [3.05, 3.63) is 38.0 Å². The van der Waals surface area contributed by atoms with Crippen molar-refractivity contribution in [2.75, 3.05) is 0 Å². The van der Waals surface area contributed by atoms with Crippen LogP contribution in [0.5, 0.6) is 0 Å². The van der Waals surface area contributed by atoms with Gasteiger partial charge in [-0.05, 0) is 29.6 Å². The number of nitrogens with one attached hydrogen (secondary N) is 1. The normalized spacial score (nSPS) is 11.6. The molecule has 0 radical (unpaired) electrons. The quantitative estimate of drug-likeness (QED) is 0.721. The van der Waals surface area contributed by atoms with Crippen molar-refractivity contribution < 1.29 is 0 Å². The van der Waals surface area contributed by atoms with E-state index in [-0.39, 0.29) is 5.56 Å². The van der Waals surface area contributed by atoms with Crippen molar-refractivity contribution >= 4 is 45.1 Å². The van der Waals surface area contributed by atoms with Crippen LogP contribution in [0.1, 0.15) is 13.8 Å². The molecule has 0 atom stereocenters. The van der Waals surface area contributed by atoms with E-state index in [1.165, 1.54) is 11.3 Å². The molecule has 3 heterocycles. The van der Waals surface area contributed by atoms with Gasteiger partial charge in [0.05, 0.1) is 5.39 Å². The van der Waals surface area contributed by atoms with Gasteiger partial charge in [0.25, 0.3) is 5.56 Å². The highest BCUT2D eigenvalue weighted by Crippen LogP contribution is 2.33. The van der Waals surface area contributed by atoms with Gasteiger partial charge in [-0.2, -0.15) is 0 Å². The Balaban J connectivity index is 2.32.